The van der Waals surface area contributed by atoms with Crippen LogP contribution in [0.25, 0.3) is 78.0 Å². The molecule has 14 rings (SSSR count). The van der Waals surface area contributed by atoms with Gasteiger partial charge in [-0.15, -0.1) is 0 Å². The molecule has 1 aromatic heterocycles. The Morgan fingerprint density at radius 1 is 0.267 bits per heavy atom. The summed E-state index contributed by atoms with van der Waals surface area (Å²) in [6.45, 7) is -0.128. The van der Waals surface area contributed by atoms with Crippen LogP contribution >= 0.6 is 0 Å². The second kappa shape index (κ2) is 18.7. The fourth-order valence-corrected chi connectivity index (χ4v) is 11.6. The lowest BCUT2D eigenvalue weighted by Crippen LogP contribution is -2.61. The first kappa shape index (κ1) is 44.0. The van der Waals surface area contributed by atoms with Crippen molar-refractivity contribution in [2.75, 3.05) is 9.80 Å². The molecule has 0 saturated carbocycles. The molecule has 4 heteroatoms. The molecule has 2 aliphatic heterocycles. The smallest absolute Gasteiger partial charge is 0.252 e. The Morgan fingerprint density at radius 2 is 0.613 bits per heavy atom. The Labute approximate surface area is 439 Å². The van der Waals surface area contributed by atoms with E-state index in [4.69, 9.17) is 4.98 Å². The van der Waals surface area contributed by atoms with Crippen LogP contribution in [-0.2, 0) is 0 Å². The van der Waals surface area contributed by atoms with E-state index in [0.717, 1.165) is 67.6 Å². The van der Waals surface area contributed by atoms with E-state index in [-0.39, 0.29) is 6.71 Å². The third-order valence-electron chi connectivity index (χ3n) is 15.1. The molecule has 0 atom stereocenters. The van der Waals surface area contributed by atoms with Crippen LogP contribution in [0.3, 0.4) is 0 Å². The summed E-state index contributed by atoms with van der Waals surface area (Å²) in [5, 5.41) is 0. The van der Waals surface area contributed by atoms with Gasteiger partial charge in [0.2, 0.25) is 0 Å². The van der Waals surface area contributed by atoms with E-state index in [9.17, 15) is 0 Å². The summed E-state index contributed by atoms with van der Waals surface area (Å²) in [5.41, 5.74) is 26.4. The summed E-state index contributed by atoms with van der Waals surface area (Å²) in [6, 6.07) is 104. The van der Waals surface area contributed by atoms with Crippen LogP contribution in [0.2, 0.25) is 0 Å². The minimum atomic E-state index is -0.128. The molecule has 75 heavy (non-hydrogen) atoms. The van der Waals surface area contributed by atoms with Crippen molar-refractivity contribution in [1.29, 1.82) is 0 Å². The molecular formula is C71H48BN3. The van der Waals surface area contributed by atoms with Crippen LogP contribution in [-0.4, -0.2) is 11.7 Å². The predicted molar refractivity (Wildman–Crippen MR) is 316 cm³/mol. The molecule has 0 fully saturated rings. The van der Waals surface area contributed by atoms with Crippen molar-refractivity contribution in [3.8, 4) is 78.0 Å². The molecule has 3 heterocycles. The van der Waals surface area contributed by atoms with Crippen molar-refractivity contribution < 1.29 is 0 Å². The van der Waals surface area contributed by atoms with Crippen molar-refractivity contribution in [2.24, 2.45) is 0 Å². The van der Waals surface area contributed by atoms with Crippen LogP contribution in [0, 0.1) is 0 Å². The zero-order valence-corrected chi connectivity index (χ0v) is 41.1. The van der Waals surface area contributed by atoms with E-state index >= 15 is 0 Å². The van der Waals surface area contributed by atoms with E-state index in [1.807, 2.05) is 6.20 Å². The third-order valence-corrected chi connectivity index (χ3v) is 15.1. The number of pyridine rings is 1. The molecule has 2 aliphatic rings. The van der Waals surface area contributed by atoms with Gasteiger partial charge in [-0.05, 0) is 132 Å². The Kier molecular flexibility index (Phi) is 11.0. The van der Waals surface area contributed by atoms with Gasteiger partial charge in [0.25, 0.3) is 6.71 Å². The van der Waals surface area contributed by atoms with Gasteiger partial charge in [-0.25, -0.2) is 0 Å². The van der Waals surface area contributed by atoms with Crippen molar-refractivity contribution in [2.45, 2.75) is 0 Å². The van der Waals surface area contributed by atoms with Crippen LogP contribution < -0.4 is 26.2 Å². The average Bonchev–Trinajstić information content (AvgIpc) is 3.50. The maximum absolute atomic E-state index is 5.26. The number of hydrogen-bond acceptors (Lipinski definition) is 3. The second-order valence-corrected chi connectivity index (χ2v) is 19.5. The molecule has 0 spiro atoms. The first-order chi connectivity index (χ1) is 37.2. The van der Waals surface area contributed by atoms with Gasteiger partial charge in [0.05, 0.1) is 5.69 Å². The highest BCUT2D eigenvalue weighted by Crippen LogP contribution is 2.49. The lowest BCUT2D eigenvalue weighted by atomic mass is 9.33. The van der Waals surface area contributed by atoms with Gasteiger partial charge in [0.15, 0.2) is 0 Å². The summed E-state index contributed by atoms with van der Waals surface area (Å²) < 4.78 is 0. The van der Waals surface area contributed by atoms with Gasteiger partial charge < -0.3 is 9.80 Å². The van der Waals surface area contributed by atoms with Crippen molar-refractivity contribution in [3.05, 3.63) is 291 Å². The zero-order chi connectivity index (χ0) is 49.7. The molecule has 3 nitrogen and oxygen atoms in total. The van der Waals surface area contributed by atoms with E-state index in [1.54, 1.807) is 0 Å². The van der Waals surface area contributed by atoms with Crippen LogP contribution in [0.1, 0.15) is 0 Å². The third kappa shape index (κ3) is 7.83. The zero-order valence-electron chi connectivity index (χ0n) is 41.1. The van der Waals surface area contributed by atoms with Gasteiger partial charge in [0.1, 0.15) is 0 Å². The standard InChI is InChI=1S/C71H48BN3/c1-7-19-49(20-8-1)53-31-37-60(38-32-53)74-65-41-35-57(51-23-11-3-12-24-51)45-63(65)72-64-46-58(52-25-13-4-14-26-52)36-42-66(64)75(61-39-33-54(34-40-61)50-21-9-2-10-22-50)68-48-59(47-67(74)70(68)72)69-62(55-27-15-5-16-28-55)43-44-73-71(69)56-29-17-6-18-30-56/h1-48H. The largest absolute Gasteiger partial charge is 0.311 e. The monoisotopic (exact) mass is 953 g/mol. The average molecular weight is 954 g/mol. The van der Waals surface area contributed by atoms with Gasteiger partial charge >= 0.3 is 0 Å². The van der Waals surface area contributed by atoms with Gasteiger partial charge in [-0.3, -0.25) is 4.98 Å². The molecule has 0 N–H and O–H groups in total. The van der Waals surface area contributed by atoms with Gasteiger partial charge in [-0.1, -0.05) is 231 Å². The Bertz CT molecular complexity index is 3760. The molecule has 0 saturated heterocycles. The van der Waals surface area contributed by atoms with Crippen LogP contribution in [0.5, 0.6) is 0 Å². The molecule has 12 aromatic rings. The first-order valence-electron chi connectivity index (χ1n) is 25.8. The van der Waals surface area contributed by atoms with E-state index < -0.39 is 0 Å². The summed E-state index contributed by atoms with van der Waals surface area (Å²) in [7, 11) is 0. The fourth-order valence-electron chi connectivity index (χ4n) is 11.6. The number of fused-ring (bicyclic) bond motifs is 4. The summed E-state index contributed by atoms with van der Waals surface area (Å²) in [5.74, 6) is 0. The highest BCUT2D eigenvalue weighted by atomic mass is 15.2. The number of nitrogens with zero attached hydrogens (tertiary/aromatic N) is 3. The molecule has 350 valence electrons. The maximum atomic E-state index is 5.26. The molecule has 0 bridgehead atoms. The highest BCUT2D eigenvalue weighted by molar-refractivity contribution is 7.00. The topological polar surface area (TPSA) is 19.4 Å². The van der Waals surface area contributed by atoms with E-state index in [2.05, 4.69) is 295 Å². The minimum absolute atomic E-state index is 0.128. The molecular weight excluding hydrogens is 906 g/mol. The summed E-state index contributed by atoms with van der Waals surface area (Å²) in [4.78, 5) is 10.3. The first-order valence-corrected chi connectivity index (χ1v) is 25.8. The minimum Gasteiger partial charge on any atom is -0.311 e. The molecule has 0 amide bonds. The van der Waals surface area contributed by atoms with E-state index in [1.165, 1.54) is 60.9 Å². The second-order valence-electron chi connectivity index (χ2n) is 19.5. The molecule has 11 aromatic carbocycles. The Morgan fingerprint density at radius 3 is 1.03 bits per heavy atom. The van der Waals surface area contributed by atoms with Crippen LogP contribution in [0.4, 0.5) is 34.1 Å². The highest BCUT2D eigenvalue weighted by Gasteiger charge is 2.44. The summed E-state index contributed by atoms with van der Waals surface area (Å²) >= 11 is 0. The maximum Gasteiger partial charge on any atom is 0.252 e. The van der Waals surface area contributed by atoms with Crippen molar-refractivity contribution in [3.63, 3.8) is 0 Å². The van der Waals surface area contributed by atoms with Gasteiger partial charge in [-0.2, -0.15) is 0 Å². The lowest BCUT2D eigenvalue weighted by molar-refractivity contribution is 1.25. The molecule has 0 aliphatic carbocycles. The van der Waals surface area contributed by atoms with Crippen molar-refractivity contribution >= 4 is 57.2 Å². The fraction of sp³-hybridized carbons (Fsp3) is 0. The number of benzene rings is 11. The predicted octanol–water partition coefficient (Wildman–Crippen LogP) is 16.8. The normalized spacial score (nSPS) is 12.2. The van der Waals surface area contributed by atoms with Crippen molar-refractivity contribution in [1.82, 2.24) is 4.98 Å². The van der Waals surface area contributed by atoms with Crippen LogP contribution in [0.15, 0.2) is 291 Å². The lowest BCUT2D eigenvalue weighted by Gasteiger charge is -2.45. The number of rotatable bonds is 9. The number of hydrogen-bond donors (Lipinski definition) is 0. The molecule has 0 radical (unpaired) electrons. The van der Waals surface area contributed by atoms with E-state index in [0.29, 0.717) is 0 Å². The summed E-state index contributed by atoms with van der Waals surface area (Å²) in [6.07, 6.45) is 1.97. The number of anilines is 6. The SMILES string of the molecule is c1ccc(-c2ccc(N3c4ccc(-c5ccccc5)cc4B4c5cc(-c6ccccc6)ccc5N(c5ccc(-c6ccccc6)cc5)c5cc(-c6c(-c7ccccc7)ccnc6-c6ccccc6)cc3c54)cc2)cc1. The Balaban J connectivity index is 1.10. The quantitative estimate of drug-likeness (QED) is 0.134. The van der Waals surface area contributed by atoms with Gasteiger partial charge in [0, 0.05) is 51.4 Å². The molecule has 0 unspecified atom stereocenters. The number of aromatic nitrogens is 1. The Hall–Kier alpha value is -9.77.